The van der Waals surface area contributed by atoms with Gasteiger partial charge in [-0.2, -0.15) is 0 Å². The number of amides is 1. The molecule has 3 rings (SSSR count). The molecule has 132 valence electrons. The Morgan fingerprint density at radius 1 is 1.38 bits per heavy atom. The number of ether oxygens (including phenoxy) is 1. The number of benzene rings is 1. The van der Waals surface area contributed by atoms with Crippen molar-refractivity contribution < 1.29 is 14.6 Å². The van der Waals surface area contributed by atoms with Crippen LogP contribution in [0.1, 0.15) is 36.8 Å². The maximum Gasteiger partial charge on any atom is 0.222 e. The van der Waals surface area contributed by atoms with E-state index in [1.165, 1.54) is 19.4 Å². The number of aliphatic hydroxyl groups excluding tert-OH is 1. The summed E-state index contributed by atoms with van der Waals surface area (Å²) in [7, 11) is 2.16. The molecular weight excluding hydrogens is 304 g/mol. The van der Waals surface area contributed by atoms with E-state index in [1.54, 1.807) is 0 Å². The zero-order valence-electron chi connectivity index (χ0n) is 14.5. The van der Waals surface area contributed by atoms with Gasteiger partial charge in [0.1, 0.15) is 12.4 Å². The minimum absolute atomic E-state index is 0.0103. The van der Waals surface area contributed by atoms with Crippen LogP contribution in [0.4, 0.5) is 0 Å². The van der Waals surface area contributed by atoms with Crippen LogP contribution in [0, 0.1) is 5.92 Å². The fraction of sp³-hybridized carbons (Fsp3) is 0.632. The average molecular weight is 332 g/mol. The first-order chi connectivity index (χ1) is 11.7. The van der Waals surface area contributed by atoms with E-state index in [-0.39, 0.29) is 12.5 Å². The molecule has 0 radical (unpaired) electrons. The van der Waals surface area contributed by atoms with E-state index >= 15 is 0 Å². The first-order valence-electron chi connectivity index (χ1n) is 8.97. The Morgan fingerprint density at radius 2 is 2.25 bits per heavy atom. The molecule has 0 aromatic heterocycles. The normalized spacial score (nSPS) is 21.8. The van der Waals surface area contributed by atoms with Crippen molar-refractivity contribution in [3.8, 4) is 5.75 Å². The first kappa shape index (κ1) is 17.2. The molecule has 5 heteroatoms. The highest BCUT2D eigenvalue weighted by molar-refractivity contribution is 5.76. The summed E-state index contributed by atoms with van der Waals surface area (Å²) in [6, 6.07) is 5.71. The van der Waals surface area contributed by atoms with E-state index in [4.69, 9.17) is 4.74 Å². The van der Waals surface area contributed by atoms with Gasteiger partial charge < -0.3 is 19.6 Å². The van der Waals surface area contributed by atoms with Crippen molar-refractivity contribution in [2.75, 3.05) is 33.3 Å². The molecular formula is C19H28N2O3. The number of nitrogens with zero attached hydrogens (tertiary/aromatic N) is 2. The molecule has 1 fully saturated rings. The SMILES string of the molecule is CN1CCC[C@H](CCC(=O)N2CCOc3ccc(CO)cc3C2)C1. The fourth-order valence-corrected chi connectivity index (χ4v) is 3.75. The van der Waals surface area contributed by atoms with Crippen molar-refractivity contribution in [1.29, 1.82) is 0 Å². The van der Waals surface area contributed by atoms with E-state index in [2.05, 4.69) is 11.9 Å². The van der Waals surface area contributed by atoms with Crippen LogP contribution in [-0.2, 0) is 17.9 Å². The number of carbonyl (C=O) groups excluding carboxylic acids is 1. The Labute approximate surface area is 144 Å². The molecule has 24 heavy (non-hydrogen) atoms. The summed E-state index contributed by atoms with van der Waals surface area (Å²) in [6.07, 6.45) is 4.07. The maximum atomic E-state index is 12.6. The molecule has 0 aliphatic carbocycles. The highest BCUT2D eigenvalue weighted by Crippen LogP contribution is 2.26. The van der Waals surface area contributed by atoms with Crippen LogP contribution < -0.4 is 4.74 Å². The third-order valence-electron chi connectivity index (χ3n) is 5.13. The Kier molecular flexibility index (Phi) is 5.74. The third-order valence-corrected chi connectivity index (χ3v) is 5.13. The molecule has 5 nitrogen and oxygen atoms in total. The van der Waals surface area contributed by atoms with Crippen molar-refractivity contribution in [1.82, 2.24) is 9.80 Å². The zero-order valence-corrected chi connectivity index (χ0v) is 14.5. The lowest BCUT2D eigenvalue weighted by molar-refractivity contribution is -0.132. The molecule has 1 aromatic carbocycles. The molecule has 1 atom stereocenters. The number of rotatable bonds is 4. The fourth-order valence-electron chi connectivity index (χ4n) is 3.75. The monoisotopic (exact) mass is 332 g/mol. The van der Waals surface area contributed by atoms with Gasteiger partial charge in [0, 0.05) is 25.1 Å². The second-order valence-corrected chi connectivity index (χ2v) is 7.07. The molecule has 2 heterocycles. The molecule has 2 aliphatic rings. The van der Waals surface area contributed by atoms with Gasteiger partial charge in [0.2, 0.25) is 5.91 Å². The quantitative estimate of drug-likeness (QED) is 0.916. The standard InChI is InChI=1S/C19H28N2O3/c1-20-8-2-3-15(12-20)5-7-19(23)21-9-10-24-18-6-4-16(14-22)11-17(18)13-21/h4,6,11,15,22H,2-3,5,7-10,12-14H2,1H3/t15-/m1/s1. The van der Waals surface area contributed by atoms with Gasteiger partial charge in [-0.3, -0.25) is 4.79 Å². The highest BCUT2D eigenvalue weighted by Gasteiger charge is 2.22. The predicted molar refractivity (Wildman–Crippen MR) is 92.7 cm³/mol. The van der Waals surface area contributed by atoms with Gasteiger partial charge in [0.15, 0.2) is 0 Å². The summed E-state index contributed by atoms with van der Waals surface area (Å²) in [5.41, 5.74) is 1.85. The third kappa shape index (κ3) is 4.28. The van der Waals surface area contributed by atoms with E-state index < -0.39 is 0 Å². The van der Waals surface area contributed by atoms with Crippen molar-refractivity contribution >= 4 is 5.91 Å². The smallest absolute Gasteiger partial charge is 0.222 e. The average Bonchev–Trinajstić information content (AvgIpc) is 2.81. The minimum Gasteiger partial charge on any atom is -0.491 e. The lowest BCUT2D eigenvalue weighted by atomic mass is 9.93. The van der Waals surface area contributed by atoms with Crippen LogP contribution >= 0.6 is 0 Å². The molecule has 1 N–H and O–H groups in total. The molecule has 1 amide bonds. The van der Waals surface area contributed by atoms with Crippen LogP contribution in [0.25, 0.3) is 0 Å². The molecule has 1 aromatic rings. The van der Waals surface area contributed by atoms with Crippen LogP contribution in [-0.4, -0.2) is 54.1 Å². The number of hydrogen-bond donors (Lipinski definition) is 1. The van der Waals surface area contributed by atoms with Crippen LogP contribution in [0.3, 0.4) is 0 Å². The van der Waals surface area contributed by atoms with E-state index in [9.17, 15) is 9.90 Å². The van der Waals surface area contributed by atoms with E-state index in [1.807, 2.05) is 23.1 Å². The van der Waals surface area contributed by atoms with Crippen LogP contribution in [0.2, 0.25) is 0 Å². The number of hydrogen-bond acceptors (Lipinski definition) is 4. The lowest BCUT2D eigenvalue weighted by Gasteiger charge is -2.30. The summed E-state index contributed by atoms with van der Waals surface area (Å²) >= 11 is 0. The maximum absolute atomic E-state index is 12.6. The van der Waals surface area contributed by atoms with E-state index in [0.717, 1.165) is 29.8 Å². The Hall–Kier alpha value is -1.59. The predicted octanol–water partition coefficient (Wildman–Crippen LogP) is 2.02. The molecule has 1 saturated heterocycles. The van der Waals surface area contributed by atoms with Gasteiger partial charge in [-0.15, -0.1) is 0 Å². The number of fused-ring (bicyclic) bond motifs is 1. The second kappa shape index (κ2) is 7.99. The summed E-state index contributed by atoms with van der Waals surface area (Å²) < 4.78 is 5.75. The number of likely N-dealkylation sites (tertiary alicyclic amines) is 1. The van der Waals surface area contributed by atoms with Gasteiger partial charge >= 0.3 is 0 Å². The molecule has 0 saturated carbocycles. The summed E-state index contributed by atoms with van der Waals surface area (Å²) in [5.74, 6) is 1.69. The second-order valence-electron chi connectivity index (χ2n) is 7.07. The van der Waals surface area contributed by atoms with Gasteiger partial charge in [-0.1, -0.05) is 6.07 Å². The zero-order chi connectivity index (χ0) is 16.9. The largest absolute Gasteiger partial charge is 0.491 e. The van der Waals surface area contributed by atoms with Gasteiger partial charge in [0.25, 0.3) is 0 Å². The molecule has 0 unspecified atom stereocenters. The summed E-state index contributed by atoms with van der Waals surface area (Å²) in [4.78, 5) is 16.9. The van der Waals surface area contributed by atoms with Crippen LogP contribution in [0.15, 0.2) is 18.2 Å². The molecule has 0 bridgehead atoms. The van der Waals surface area contributed by atoms with Gasteiger partial charge in [-0.25, -0.2) is 0 Å². The van der Waals surface area contributed by atoms with E-state index in [0.29, 0.717) is 32.0 Å². The number of aliphatic hydroxyl groups is 1. The summed E-state index contributed by atoms with van der Waals surface area (Å²) in [6.45, 7) is 4.04. The molecule has 2 aliphatic heterocycles. The minimum atomic E-state index is 0.0103. The van der Waals surface area contributed by atoms with Crippen molar-refractivity contribution in [3.63, 3.8) is 0 Å². The topological polar surface area (TPSA) is 53.0 Å². The first-order valence-corrected chi connectivity index (χ1v) is 8.97. The Morgan fingerprint density at radius 3 is 3.04 bits per heavy atom. The highest BCUT2D eigenvalue weighted by atomic mass is 16.5. The Bertz CT molecular complexity index is 576. The van der Waals surface area contributed by atoms with Crippen LogP contribution in [0.5, 0.6) is 5.75 Å². The van der Waals surface area contributed by atoms with Gasteiger partial charge in [0.05, 0.1) is 13.2 Å². The summed E-state index contributed by atoms with van der Waals surface area (Å²) in [5, 5.41) is 9.31. The molecule has 0 spiro atoms. The van der Waals surface area contributed by atoms with Crippen molar-refractivity contribution in [2.24, 2.45) is 5.92 Å². The van der Waals surface area contributed by atoms with Gasteiger partial charge in [-0.05, 0) is 56.5 Å². The number of piperidine rings is 1. The van der Waals surface area contributed by atoms with Crippen molar-refractivity contribution in [2.45, 2.75) is 38.8 Å². The number of carbonyl (C=O) groups is 1. The Balaban J connectivity index is 1.58. The lowest BCUT2D eigenvalue weighted by Crippen LogP contribution is -2.35. The van der Waals surface area contributed by atoms with Crippen molar-refractivity contribution in [3.05, 3.63) is 29.3 Å².